The lowest BCUT2D eigenvalue weighted by molar-refractivity contribution is -0.147. The second kappa shape index (κ2) is 13.6. The lowest BCUT2D eigenvalue weighted by Crippen LogP contribution is -2.58. The van der Waals surface area contributed by atoms with Crippen LogP contribution in [-0.2, 0) is 20.7 Å². The molecule has 0 heterocycles. The molecule has 2 aliphatic rings. The van der Waals surface area contributed by atoms with Gasteiger partial charge in [0.2, 0.25) is 11.8 Å². The summed E-state index contributed by atoms with van der Waals surface area (Å²) in [5.41, 5.74) is 2.76. The predicted octanol–water partition coefficient (Wildman–Crippen LogP) is 6.02. The largest absolute Gasteiger partial charge is 0.508 e. The van der Waals surface area contributed by atoms with Crippen molar-refractivity contribution < 1.29 is 24.2 Å². The molecule has 2 unspecified atom stereocenters. The van der Waals surface area contributed by atoms with Crippen molar-refractivity contribution >= 4 is 17.9 Å². The van der Waals surface area contributed by atoms with Gasteiger partial charge in [0.1, 0.15) is 23.4 Å². The average molecular weight is 578 g/mol. The molecule has 2 aromatic rings. The van der Waals surface area contributed by atoms with Crippen LogP contribution in [-0.4, -0.2) is 51.6 Å². The van der Waals surface area contributed by atoms with Crippen molar-refractivity contribution in [2.24, 2.45) is 0 Å². The van der Waals surface area contributed by atoms with Crippen LogP contribution < -0.4 is 10.6 Å². The fraction of sp³-hybridized carbons (Fsp3) is 0.559. The van der Waals surface area contributed by atoms with Crippen molar-refractivity contribution in [1.29, 1.82) is 0 Å². The number of hydrogen-bond acceptors (Lipinski definition) is 5. The van der Waals surface area contributed by atoms with Gasteiger partial charge in [-0.2, -0.15) is 0 Å². The van der Waals surface area contributed by atoms with Crippen molar-refractivity contribution in [1.82, 2.24) is 15.5 Å². The zero-order chi connectivity index (χ0) is 30.4. The first-order chi connectivity index (χ1) is 19.9. The standard InChI is InChI=1S/C34H47N3O5/c1-22-11-9-12-23(2)29(22)30(31(39)35-25-13-7-6-8-14-25)37(26-15-10-16-26)32(40)28(36-33(41)42-34(3,4)5)21-24-17-19-27(38)20-18-24/h9,11-12,17-20,25-26,28,30,38H,6-8,10,13-16,21H2,1-5H3,(H,35,39)(H,36,41). The maximum Gasteiger partial charge on any atom is 0.408 e. The minimum atomic E-state index is -0.973. The van der Waals surface area contributed by atoms with Crippen LogP contribution in [0.3, 0.4) is 0 Å². The van der Waals surface area contributed by atoms with Crippen LogP contribution in [0.15, 0.2) is 42.5 Å². The van der Waals surface area contributed by atoms with Gasteiger partial charge in [-0.25, -0.2) is 4.79 Å². The maximum absolute atomic E-state index is 14.7. The summed E-state index contributed by atoms with van der Waals surface area (Å²) >= 11 is 0. The van der Waals surface area contributed by atoms with E-state index < -0.39 is 23.8 Å². The van der Waals surface area contributed by atoms with Crippen molar-refractivity contribution in [3.8, 4) is 5.75 Å². The summed E-state index contributed by atoms with van der Waals surface area (Å²) in [7, 11) is 0. The Bertz CT molecular complexity index is 1220. The van der Waals surface area contributed by atoms with Gasteiger partial charge in [-0.3, -0.25) is 9.59 Å². The van der Waals surface area contributed by atoms with Gasteiger partial charge in [-0.05, 0) is 101 Å². The lowest BCUT2D eigenvalue weighted by atomic mass is 9.85. The van der Waals surface area contributed by atoms with Crippen LogP contribution in [0.2, 0.25) is 0 Å². The summed E-state index contributed by atoms with van der Waals surface area (Å²) in [6.07, 6.45) is 7.27. The number of hydrogen-bond donors (Lipinski definition) is 3. The number of carbonyl (C=O) groups excluding carboxylic acids is 3. The lowest BCUT2D eigenvalue weighted by Gasteiger charge is -2.44. The molecule has 2 aromatic carbocycles. The minimum Gasteiger partial charge on any atom is -0.508 e. The Labute approximate surface area is 250 Å². The fourth-order valence-electron chi connectivity index (χ4n) is 6.06. The van der Waals surface area contributed by atoms with E-state index in [0.717, 1.165) is 67.2 Å². The van der Waals surface area contributed by atoms with E-state index >= 15 is 0 Å². The van der Waals surface area contributed by atoms with E-state index in [1.165, 1.54) is 6.42 Å². The molecule has 0 saturated heterocycles. The molecule has 0 aliphatic heterocycles. The van der Waals surface area contributed by atoms with Crippen molar-refractivity contribution in [3.05, 3.63) is 64.7 Å². The van der Waals surface area contributed by atoms with Crippen LogP contribution in [0.25, 0.3) is 0 Å². The Hall–Kier alpha value is -3.55. The van der Waals surface area contributed by atoms with Crippen LogP contribution in [0.5, 0.6) is 5.75 Å². The van der Waals surface area contributed by atoms with E-state index in [9.17, 15) is 19.5 Å². The molecule has 2 fully saturated rings. The molecule has 42 heavy (non-hydrogen) atoms. The third-order valence-electron chi connectivity index (χ3n) is 8.38. The number of phenols is 1. The van der Waals surface area contributed by atoms with Gasteiger partial charge < -0.3 is 25.4 Å². The molecule has 0 spiro atoms. The molecule has 3 amide bonds. The molecule has 0 bridgehead atoms. The molecule has 3 N–H and O–H groups in total. The van der Waals surface area contributed by atoms with Crippen LogP contribution in [0, 0.1) is 13.8 Å². The van der Waals surface area contributed by atoms with Crippen LogP contribution >= 0.6 is 0 Å². The first kappa shape index (κ1) is 31.4. The Morgan fingerprint density at radius 3 is 2.10 bits per heavy atom. The minimum absolute atomic E-state index is 0.0871. The maximum atomic E-state index is 14.7. The Morgan fingerprint density at radius 1 is 0.929 bits per heavy atom. The molecule has 228 valence electrons. The Kier molecular flexibility index (Phi) is 10.2. The highest BCUT2D eigenvalue weighted by molar-refractivity contribution is 5.93. The molecule has 8 nitrogen and oxygen atoms in total. The highest BCUT2D eigenvalue weighted by Gasteiger charge is 2.43. The third-order valence-corrected chi connectivity index (χ3v) is 8.38. The average Bonchev–Trinajstić information content (AvgIpc) is 2.88. The van der Waals surface area contributed by atoms with E-state index in [-0.39, 0.29) is 36.1 Å². The van der Waals surface area contributed by atoms with Crippen molar-refractivity contribution in [2.75, 3.05) is 0 Å². The summed E-state index contributed by atoms with van der Waals surface area (Å²) in [4.78, 5) is 43.8. The summed E-state index contributed by atoms with van der Waals surface area (Å²) in [6, 6.07) is 10.7. The topological polar surface area (TPSA) is 108 Å². The number of amides is 3. The first-order valence-corrected chi connectivity index (χ1v) is 15.4. The number of rotatable bonds is 9. The van der Waals surface area contributed by atoms with E-state index in [0.29, 0.717) is 0 Å². The highest BCUT2D eigenvalue weighted by Crippen LogP contribution is 2.37. The monoisotopic (exact) mass is 577 g/mol. The molecule has 0 radical (unpaired) electrons. The zero-order valence-corrected chi connectivity index (χ0v) is 25.7. The van der Waals surface area contributed by atoms with E-state index in [1.807, 2.05) is 32.0 Å². The zero-order valence-electron chi connectivity index (χ0n) is 25.7. The Morgan fingerprint density at radius 2 is 1.55 bits per heavy atom. The highest BCUT2D eigenvalue weighted by atomic mass is 16.6. The molecular formula is C34H47N3O5. The molecule has 2 aliphatic carbocycles. The summed E-state index contributed by atoms with van der Waals surface area (Å²) in [6.45, 7) is 9.29. The SMILES string of the molecule is Cc1cccc(C)c1C(C(=O)NC1CCCCC1)N(C(=O)C(Cc1ccc(O)cc1)NC(=O)OC(C)(C)C)C1CCC1. The number of benzene rings is 2. The third kappa shape index (κ3) is 8.05. The van der Waals surface area contributed by atoms with E-state index in [4.69, 9.17) is 4.74 Å². The van der Waals surface area contributed by atoms with Gasteiger partial charge in [0.25, 0.3) is 0 Å². The number of nitrogens with one attached hydrogen (secondary N) is 2. The van der Waals surface area contributed by atoms with Crippen molar-refractivity contribution in [3.63, 3.8) is 0 Å². The normalized spacial score (nSPS) is 17.5. The Balaban J connectivity index is 1.74. The summed E-state index contributed by atoms with van der Waals surface area (Å²) < 4.78 is 5.55. The quantitative estimate of drug-likeness (QED) is 0.338. The van der Waals surface area contributed by atoms with Gasteiger partial charge in [0, 0.05) is 18.5 Å². The number of aromatic hydroxyl groups is 1. The number of phenolic OH excluding ortho intramolecular Hbond substituents is 1. The number of aryl methyl sites for hydroxylation is 2. The molecule has 8 heteroatoms. The predicted molar refractivity (Wildman–Crippen MR) is 163 cm³/mol. The second-order valence-corrected chi connectivity index (χ2v) is 13.0. The van der Waals surface area contributed by atoms with Gasteiger partial charge >= 0.3 is 6.09 Å². The van der Waals surface area contributed by atoms with E-state index in [1.54, 1.807) is 49.9 Å². The number of ether oxygens (including phenoxy) is 1. The molecule has 0 aromatic heterocycles. The molecule has 2 atom stereocenters. The van der Waals surface area contributed by atoms with Gasteiger partial charge in [-0.1, -0.05) is 49.6 Å². The molecule has 2 saturated carbocycles. The first-order valence-electron chi connectivity index (χ1n) is 15.4. The molecular weight excluding hydrogens is 530 g/mol. The van der Waals surface area contributed by atoms with Crippen molar-refractivity contribution in [2.45, 2.75) is 122 Å². The number of nitrogens with zero attached hydrogens (tertiary/aromatic N) is 1. The van der Waals surface area contributed by atoms with E-state index in [2.05, 4.69) is 10.6 Å². The van der Waals surface area contributed by atoms with Gasteiger partial charge in [0.15, 0.2) is 0 Å². The number of alkyl carbamates (subject to hydrolysis) is 1. The summed E-state index contributed by atoms with van der Waals surface area (Å²) in [5, 5.41) is 15.9. The van der Waals surface area contributed by atoms with Gasteiger partial charge in [0.05, 0.1) is 0 Å². The van der Waals surface area contributed by atoms with Crippen LogP contribution in [0.1, 0.15) is 100 Å². The smallest absolute Gasteiger partial charge is 0.408 e. The fourth-order valence-corrected chi connectivity index (χ4v) is 6.06. The number of carbonyl (C=O) groups is 3. The van der Waals surface area contributed by atoms with Gasteiger partial charge in [-0.15, -0.1) is 0 Å². The molecule has 4 rings (SSSR count). The van der Waals surface area contributed by atoms with Crippen LogP contribution in [0.4, 0.5) is 4.79 Å². The summed E-state index contributed by atoms with van der Waals surface area (Å²) in [5.74, 6) is -0.363. The second-order valence-electron chi connectivity index (χ2n) is 13.0.